The van der Waals surface area contributed by atoms with Crippen molar-refractivity contribution in [1.82, 2.24) is 15.1 Å². The number of nitrogens with zero attached hydrogens (tertiary/aromatic N) is 2. The first-order chi connectivity index (χ1) is 19.0. The highest BCUT2D eigenvalue weighted by atomic mass is 35.5. The van der Waals surface area contributed by atoms with E-state index in [2.05, 4.69) is 5.32 Å². The molecule has 40 heavy (non-hydrogen) atoms. The zero-order chi connectivity index (χ0) is 29.4. The molecule has 0 spiro atoms. The number of carbonyl (C=O) groups excluding carboxylic acids is 3. The van der Waals surface area contributed by atoms with Crippen LogP contribution in [0.5, 0.6) is 0 Å². The SMILES string of the molecule is CCC(CCCN1C(=N)NC(CC(C)C)(c2ccccc2)C1=O)N(C(=O)OC)C(=O)[C@@H](N)Cc1ccccc1Cl. The molecule has 216 valence electrons. The molecule has 10 heteroatoms. The van der Waals surface area contributed by atoms with Gasteiger partial charge in [0.1, 0.15) is 5.54 Å². The quantitative estimate of drug-likeness (QED) is 0.341. The summed E-state index contributed by atoms with van der Waals surface area (Å²) < 4.78 is 4.94. The fourth-order valence-electron chi connectivity index (χ4n) is 5.34. The van der Waals surface area contributed by atoms with E-state index in [1.165, 1.54) is 12.0 Å². The Morgan fingerprint density at radius 1 is 1.15 bits per heavy atom. The van der Waals surface area contributed by atoms with E-state index >= 15 is 0 Å². The molecule has 0 aromatic heterocycles. The Morgan fingerprint density at radius 2 is 1.80 bits per heavy atom. The maximum absolute atomic E-state index is 13.8. The number of carbonyl (C=O) groups is 3. The Kier molecular flexibility index (Phi) is 10.7. The van der Waals surface area contributed by atoms with Gasteiger partial charge in [0, 0.05) is 17.6 Å². The Hall–Kier alpha value is -3.43. The molecule has 1 fully saturated rings. The number of imide groups is 1. The van der Waals surface area contributed by atoms with Gasteiger partial charge in [-0.3, -0.25) is 19.9 Å². The van der Waals surface area contributed by atoms with Crippen LogP contribution in [-0.4, -0.2) is 59.4 Å². The fraction of sp³-hybridized carbons (Fsp3) is 0.467. The molecule has 1 aliphatic rings. The number of benzene rings is 2. The first-order valence-electron chi connectivity index (χ1n) is 13.7. The molecule has 0 bridgehead atoms. The molecule has 0 saturated carbocycles. The van der Waals surface area contributed by atoms with Crippen LogP contribution in [0.25, 0.3) is 0 Å². The third kappa shape index (κ3) is 6.82. The first-order valence-corrected chi connectivity index (χ1v) is 14.1. The second kappa shape index (κ2) is 13.8. The monoisotopic (exact) mass is 569 g/mol. The summed E-state index contributed by atoms with van der Waals surface area (Å²) in [5.41, 5.74) is 6.78. The van der Waals surface area contributed by atoms with Crippen LogP contribution in [0.15, 0.2) is 54.6 Å². The minimum absolute atomic E-state index is 0.0465. The van der Waals surface area contributed by atoms with Crippen LogP contribution in [0.3, 0.4) is 0 Å². The molecule has 3 atom stereocenters. The lowest BCUT2D eigenvalue weighted by molar-refractivity contribution is -0.134. The zero-order valence-corrected chi connectivity index (χ0v) is 24.4. The molecule has 3 rings (SSSR count). The van der Waals surface area contributed by atoms with E-state index in [0.717, 1.165) is 10.5 Å². The average molecular weight is 570 g/mol. The van der Waals surface area contributed by atoms with E-state index in [-0.39, 0.29) is 30.8 Å². The summed E-state index contributed by atoms with van der Waals surface area (Å²) in [5.74, 6) is -0.466. The van der Waals surface area contributed by atoms with Crippen LogP contribution < -0.4 is 11.1 Å². The van der Waals surface area contributed by atoms with Crippen LogP contribution in [-0.2, 0) is 26.3 Å². The molecule has 1 aliphatic heterocycles. The maximum atomic E-state index is 13.8. The summed E-state index contributed by atoms with van der Waals surface area (Å²) in [6.45, 7) is 6.24. The smallest absolute Gasteiger partial charge is 0.416 e. The minimum Gasteiger partial charge on any atom is -0.452 e. The van der Waals surface area contributed by atoms with Crippen LogP contribution >= 0.6 is 11.6 Å². The Balaban J connectivity index is 1.73. The van der Waals surface area contributed by atoms with Gasteiger partial charge < -0.3 is 15.8 Å². The molecule has 2 aromatic carbocycles. The average Bonchev–Trinajstić information content (AvgIpc) is 3.17. The van der Waals surface area contributed by atoms with Crippen molar-refractivity contribution in [3.63, 3.8) is 0 Å². The number of hydrogen-bond donors (Lipinski definition) is 3. The van der Waals surface area contributed by atoms with Crippen LogP contribution in [0, 0.1) is 11.3 Å². The topological polar surface area (TPSA) is 129 Å². The van der Waals surface area contributed by atoms with Crippen molar-refractivity contribution >= 4 is 35.5 Å². The van der Waals surface area contributed by atoms with Crippen molar-refractivity contribution in [3.8, 4) is 0 Å². The summed E-state index contributed by atoms with van der Waals surface area (Å²) in [5, 5.41) is 12.2. The molecule has 0 aliphatic carbocycles. The highest BCUT2D eigenvalue weighted by Crippen LogP contribution is 2.35. The minimum atomic E-state index is -1.00. The van der Waals surface area contributed by atoms with E-state index in [1.54, 1.807) is 18.2 Å². The molecular formula is C30H40ClN5O4. The van der Waals surface area contributed by atoms with Crippen molar-refractivity contribution in [1.29, 1.82) is 5.41 Å². The van der Waals surface area contributed by atoms with Gasteiger partial charge in [-0.05, 0) is 55.2 Å². The van der Waals surface area contributed by atoms with E-state index in [1.807, 2.05) is 57.2 Å². The summed E-state index contributed by atoms with van der Waals surface area (Å²) >= 11 is 6.25. The predicted octanol–water partition coefficient (Wildman–Crippen LogP) is 4.67. The van der Waals surface area contributed by atoms with Crippen molar-refractivity contribution in [3.05, 3.63) is 70.7 Å². The standard InChI is InChI=1S/C30H40ClN5O4/c1-5-23(36(29(39)40-4)26(37)25(32)18-21-12-9-10-16-24(21)31)15-11-17-35-27(38)30(19-20(2)3,34-28(35)33)22-13-7-6-8-14-22/h6-10,12-14,16,20,23,25H,5,11,15,17-19,32H2,1-4H3,(H2,33,34)/t23?,25-,30?/m0/s1. The maximum Gasteiger partial charge on any atom is 0.416 e. The normalized spacial score (nSPS) is 18.4. The third-order valence-electron chi connectivity index (χ3n) is 7.27. The van der Waals surface area contributed by atoms with Gasteiger partial charge in [0.05, 0.1) is 13.2 Å². The zero-order valence-electron chi connectivity index (χ0n) is 23.7. The number of guanidine groups is 1. The molecule has 9 nitrogen and oxygen atoms in total. The number of hydrogen-bond acceptors (Lipinski definition) is 6. The van der Waals surface area contributed by atoms with E-state index in [9.17, 15) is 14.4 Å². The molecule has 3 amide bonds. The second-order valence-corrected chi connectivity index (χ2v) is 11.0. The van der Waals surface area contributed by atoms with Gasteiger partial charge >= 0.3 is 6.09 Å². The van der Waals surface area contributed by atoms with Gasteiger partial charge in [-0.15, -0.1) is 0 Å². The lowest BCUT2D eigenvalue weighted by atomic mass is 9.82. The van der Waals surface area contributed by atoms with Gasteiger partial charge in [0.2, 0.25) is 5.91 Å². The fourth-order valence-corrected chi connectivity index (χ4v) is 5.55. The van der Waals surface area contributed by atoms with Crippen LogP contribution in [0.4, 0.5) is 4.79 Å². The van der Waals surface area contributed by atoms with E-state index in [4.69, 9.17) is 27.5 Å². The van der Waals surface area contributed by atoms with E-state index in [0.29, 0.717) is 36.3 Å². The van der Waals surface area contributed by atoms with Crippen LogP contribution in [0.1, 0.15) is 57.6 Å². The van der Waals surface area contributed by atoms with Crippen molar-refractivity contribution in [2.45, 2.75) is 70.5 Å². The molecule has 1 heterocycles. The summed E-state index contributed by atoms with van der Waals surface area (Å²) in [6, 6.07) is 15.1. The largest absolute Gasteiger partial charge is 0.452 e. The number of halogens is 1. The van der Waals surface area contributed by atoms with Crippen LogP contribution in [0.2, 0.25) is 5.02 Å². The molecule has 0 radical (unpaired) electrons. The number of nitrogens with two attached hydrogens (primary N) is 1. The van der Waals surface area contributed by atoms with Crippen molar-refractivity contribution in [2.24, 2.45) is 11.7 Å². The van der Waals surface area contributed by atoms with Gasteiger partial charge in [0.25, 0.3) is 5.91 Å². The predicted molar refractivity (Wildman–Crippen MR) is 156 cm³/mol. The third-order valence-corrected chi connectivity index (χ3v) is 7.64. The van der Waals surface area contributed by atoms with Gasteiger partial charge in [-0.1, -0.05) is 80.9 Å². The lowest BCUT2D eigenvalue weighted by Gasteiger charge is -2.31. The molecule has 2 unspecified atom stereocenters. The number of methoxy groups -OCH3 is 1. The second-order valence-electron chi connectivity index (χ2n) is 10.6. The summed E-state index contributed by atoms with van der Waals surface area (Å²) in [7, 11) is 1.22. The van der Waals surface area contributed by atoms with Gasteiger partial charge in [-0.25, -0.2) is 9.69 Å². The Labute approximate surface area is 241 Å². The summed E-state index contributed by atoms with van der Waals surface area (Å²) in [6.07, 6.45) is 1.28. The van der Waals surface area contributed by atoms with Gasteiger partial charge in [0.15, 0.2) is 5.96 Å². The molecule has 4 N–H and O–H groups in total. The Bertz CT molecular complexity index is 1210. The number of amides is 3. The molecular weight excluding hydrogens is 530 g/mol. The highest BCUT2D eigenvalue weighted by Gasteiger charge is 2.50. The number of rotatable bonds is 12. The highest BCUT2D eigenvalue weighted by molar-refractivity contribution is 6.31. The van der Waals surface area contributed by atoms with Crippen molar-refractivity contribution < 1.29 is 19.1 Å². The van der Waals surface area contributed by atoms with Crippen molar-refractivity contribution in [2.75, 3.05) is 13.7 Å². The van der Waals surface area contributed by atoms with E-state index < -0.39 is 29.6 Å². The lowest BCUT2D eigenvalue weighted by Crippen LogP contribution is -2.52. The first kappa shape index (κ1) is 31.1. The number of ether oxygens (including phenoxy) is 1. The summed E-state index contributed by atoms with van der Waals surface area (Å²) in [4.78, 5) is 42.4. The Morgan fingerprint density at radius 3 is 2.40 bits per heavy atom. The number of nitrogens with one attached hydrogen (secondary N) is 2. The molecule has 1 saturated heterocycles. The molecule has 2 aromatic rings. The van der Waals surface area contributed by atoms with Gasteiger partial charge in [-0.2, -0.15) is 0 Å².